The molecule has 2 aromatic rings. The zero-order valence-corrected chi connectivity index (χ0v) is 15.2. The van der Waals surface area contributed by atoms with Crippen LogP contribution in [0, 0.1) is 0 Å². The Morgan fingerprint density at radius 1 is 1.11 bits per heavy atom. The summed E-state index contributed by atoms with van der Waals surface area (Å²) in [5, 5.41) is 2.87. The maximum absolute atomic E-state index is 12.1. The van der Waals surface area contributed by atoms with Crippen molar-refractivity contribution in [3.8, 4) is 17.2 Å². The topological polar surface area (TPSA) is 83.1 Å². The smallest absolute Gasteiger partial charge is 0.338 e. The van der Waals surface area contributed by atoms with E-state index in [0.29, 0.717) is 29.4 Å². The van der Waals surface area contributed by atoms with Crippen molar-refractivity contribution in [1.29, 1.82) is 0 Å². The third-order valence-electron chi connectivity index (χ3n) is 4.01. The number of ether oxygens (including phenoxy) is 4. The number of carbonyl (C=O) groups is 2. The molecule has 0 aromatic heterocycles. The summed E-state index contributed by atoms with van der Waals surface area (Å²) in [5.74, 6) is 1.22. The first-order valence-corrected chi connectivity index (χ1v) is 8.65. The van der Waals surface area contributed by atoms with Crippen LogP contribution in [0.5, 0.6) is 17.2 Å². The Morgan fingerprint density at radius 3 is 2.59 bits per heavy atom. The van der Waals surface area contributed by atoms with Crippen molar-refractivity contribution in [1.82, 2.24) is 5.32 Å². The van der Waals surface area contributed by atoms with E-state index in [1.165, 1.54) is 0 Å². The molecule has 27 heavy (non-hydrogen) atoms. The fourth-order valence-corrected chi connectivity index (χ4v) is 2.60. The molecule has 2 aromatic carbocycles. The molecule has 0 bridgehead atoms. The third kappa shape index (κ3) is 4.69. The van der Waals surface area contributed by atoms with Crippen molar-refractivity contribution < 1.29 is 28.5 Å². The van der Waals surface area contributed by atoms with Gasteiger partial charge in [-0.3, -0.25) is 4.79 Å². The quantitative estimate of drug-likeness (QED) is 0.754. The fraction of sp³-hybridized carbons (Fsp3) is 0.300. The van der Waals surface area contributed by atoms with Crippen LogP contribution in [0.1, 0.15) is 35.8 Å². The van der Waals surface area contributed by atoms with Gasteiger partial charge in [0.05, 0.1) is 18.2 Å². The Labute approximate surface area is 157 Å². The van der Waals surface area contributed by atoms with Crippen LogP contribution in [0.2, 0.25) is 0 Å². The van der Waals surface area contributed by atoms with Gasteiger partial charge in [0.15, 0.2) is 18.1 Å². The number of nitrogens with one attached hydrogen (secondary N) is 1. The second-order valence-electron chi connectivity index (χ2n) is 5.94. The highest BCUT2D eigenvalue weighted by Crippen LogP contribution is 2.34. The summed E-state index contributed by atoms with van der Waals surface area (Å²) < 4.78 is 21.0. The lowest BCUT2D eigenvalue weighted by molar-refractivity contribution is -0.123. The Kier molecular flexibility index (Phi) is 5.80. The van der Waals surface area contributed by atoms with Crippen molar-refractivity contribution in [3.63, 3.8) is 0 Å². The van der Waals surface area contributed by atoms with Gasteiger partial charge in [0.25, 0.3) is 5.91 Å². The van der Waals surface area contributed by atoms with Crippen molar-refractivity contribution >= 4 is 11.9 Å². The number of hydrogen-bond acceptors (Lipinski definition) is 6. The molecule has 7 nitrogen and oxygen atoms in total. The normalized spacial score (nSPS) is 13.0. The monoisotopic (exact) mass is 371 g/mol. The Balaban J connectivity index is 1.50. The summed E-state index contributed by atoms with van der Waals surface area (Å²) in [4.78, 5) is 23.7. The molecule has 1 unspecified atom stereocenters. The standard InChI is InChI=1S/C20H21NO6/c1-3-24-20(23)14-4-7-16(8-5-14)25-11-19(22)21-13(2)15-6-9-17-18(10-15)27-12-26-17/h4-10,13H,3,11-12H2,1-2H3,(H,21,22). The number of benzene rings is 2. The van der Waals surface area contributed by atoms with E-state index >= 15 is 0 Å². The lowest BCUT2D eigenvalue weighted by Gasteiger charge is -2.15. The Morgan fingerprint density at radius 2 is 1.85 bits per heavy atom. The van der Waals surface area contributed by atoms with Crippen molar-refractivity contribution in [2.75, 3.05) is 20.0 Å². The van der Waals surface area contributed by atoms with E-state index < -0.39 is 0 Å². The summed E-state index contributed by atoms with van der Waals surface area (Å²) >= 11 is 0. The van der Waals surface area contributed by atoms with Gasteiger partial charge in [-0.15, -0.1) is 0 Å². The molecular weight excluding hydrogens is 350 g/mol. The van der Waals surface area contributed by atoms with Crippen LogP contribution in [0.25, 0.3) is 0 Å². The third-order valence-corrected chi connectivity index (χ3v) is 4.01. The molecule has 3 rings (SSSR count). The average Bonchev–Trinajstić information content (AvgIpc) is 3.14. The van der Waals surface area contributed by atoms with Crippen LogP contribution in [0.3, 0.4) is 0 Å². The van der Waals surface area contributed by atoms with Crippen LogP contribution in [-0.2, 0) is 9.53 Å². The van der Waals surface area contributed by atoms with E-state index in [1.54, 1.807) is 31.2 Å². The van der Waals surface area contributed by atoms with Gasteiger partial charge in [0.1, 0.15) is 5.75 Å². The molecule has 0 saturated carbocycles. The van der Waals surface area contributed by atoms with Gasteiger partial charge < -0.3 is 24.3 Å². The molecule has 1 aliphatic heterocycles. The van der Waals surface area contributed by atoms with Crippen LogP contribution >= 0.6 is 0 Å². The molecule has 0 aliphatic carbocycles. The van der Waals surface area contributed by atoms with Gasteiger partial charge in [-0.05, 0) is 55.8 Å². The minimum Gasteiger partial charge on any atom is -0.484 e. The van der Waals surface area contributed by atoms with E-state index in [0.717, 1.165) is 5.56 Å². The largest absolute Gasteiger partial charge is 0.484 e. The van der Waals surface area contributed by atoms with Gasteiger partial charge in [0, 0.05) is 0 Å². The second kappa shape index (κ2) is 8.44. The highest BCUT2D eigenvalue weighted by molar-refractivity contribution is 5.89. The maximum Gasteiger partial charge on any atom is 0.338 e. The zero-order valence-electron chi connectivity index (χ0n) is 15.2. The Hall–Kier alpha value is -3.22. The van der Waals surface area contributed by atoms with Crippen LogP contribution in [0.4, 0.5) is 0 Å². The van der Waals surface area contributed by atoms with Crippen LogP contribution in [-0.4, -0.2) is 31.9 Å². The summed E-state index contributed by atoms with van der Waals surface area (Å²) in [6.45, 7) is 4.02. The molecule has 1 heterocycles. The molecule has 7 heteroatoms. The SMILES string of the molecule is CCOC(=O)c1ccc(OCC(=O)NC(C)c2ccc3c(c2)OCO3)cc1. The zero-order chi connectivity index (χ0) is 19.2. The molecule has 0 fully saturated rings. The van der Waals surface area contributed by atoms with Crippen molar-refractivity contribution in [3.05, 3.63) is 53.6 Å². The molecule has 1 amide bonds. The van der Waals surface area contributed by atoms with Crippen LogP contribution in [0.15, 0.2) is 42.5 Å². The molecular formula is C20H21NO6. The predicted molar refractivity (Wildman–Crippen MR) is 97.0 cm³/mol. The van der Waals surface area contributed by atoms with E-state index in [4.69, 9.17) is 18.9 Å². The first-order valence-electron chi connectivity index (χ1n) is 8.65. The molecule has 0 radical (unpaired) electrons. The summed E-state index contributed by atoms with van der Waals surface area (Å²) in [5.41, 5.74) is 1.34. The van der Waals surface area contributed by atoms with E-state index in [-0.39, 0.29) is 31.3 Å². The van der Waals surface area contributed by atoms with Gasteiger partial charge in [0.2, 0.25) is 6.79 Å². The highest BCUT2D eigenvalue weighted by Gasteiger charge is 2.17. The minimum atomic E-state index is -0.389. The maximum atomic E-state index is 12.1. The summed E-state index contributed by atoms with van der Waals surface area (Å²) in [6.07, 6.45) is 0. The first kappa shape index (κ1) is 18.6. The predicted octanol–water partition coefficient (Wildman–Crippen LogP) is 2.85. The number of carbonyl (C=O) groups excluding carboxylic acids is 2. The molecule has 1 atom stereocenters. The van der Waals surface area contributed by atoms with Crippen molar-refractivity contribution in [2.45, 2.75) is 19.9 Å². The molecule has 142 valence electrons. The van der Waals surface area contributed by atoms with Gasteiger partial charge in [-0.2, -0.15) is 0 Å². The van der Waals surface area contributed by atoms with Gasteiger partial charge >= 0.3 is 5.97 Å². The van der Waals surface area contributed by atoms with Crippen LogP contribution < -0.4 is 19.5 Å². The first-order chi connectivity index (χ1) is 13.1. The average molecular weight is 371 g/mol. The fourth-order valence-electron chi connectivity index (χ4n) is 2.60. The number of amides is 1. The molecule has 1 aliphatic rings. The van der Waals surface area contributed by atoms with Gasteiger partial charge in [-0.25, -0.2) is 4.79 Å². The highest BCUT2D eigenvalue weighted by atomic mass is 16.7. The Bertz CT molecular complexity index is 818. The minimum absolute atomic E-state index is 0.131. The van der Waals surface area contributed by atoms with Gasteiger partial charge in [-0.1, -0.05) is 6.07 Å². The number of fused-ring (bicyclic) bond motifs is 1. The number of rotatable bonds is 7. The lowest BCUT2D eigenvalue weighted by Crippen LogP contribution is -2.31. The number of esters is 1. The van der Waals surface area contributed by atoms with E-state index in [2.05, 4.69) is 5.32 Å². The molecule has 0 saturated heterocycles. The van der Waals surface area contributed by atoms with E-state index in [1.807, 2.05) is 25.1 Å². The number of hydrogen-bond donors (Lipinski definition) is 1. The summed E-state index contributed by atoms with van der Waals surface area (Å²) in [6, 6.07) is 11.8. The molecule has 1 N–H and O–H groups in total. The van der Waals surface area contributed by atoms with Crippen molar-refractivity contribution in [2.24, 2.45) is 0 Å². The van der Waals surface area contributed by atoms with E-state index in [9.17, 15) is 9.59 Å². The summed E-state index contributed by atoms with van der Waals surface area (Å²) in [7, 11) is 0. The lowest BCUT2D eigenvalue weighted by atomic mass is 10.1. The molecule has 0 spiro atoms. The second-order valence-corrected chi connectivity index (χ2v) is 5.94.